The van der Waals surface area contributed by atoms with E-state index in [0.29, 0.717) is 38.4 Å². The van der Waals surface area contributed by atoms with Gasteiger partial charge >= 0.3 is 6.18 Å². The summed E-state index contributed by atoms with van der Waals surface area (Å²) in [5, 5.41) is -0.563. The van der Waals surface area contributed by atoms with Gasteiger partial charge < -0.3 is 14.4 Å². The van der Waals surface area contributed by atoms with E-state index >= 15 is 0 Å². The Kier molecular flexibility index (Phi) is 5.69. The molecular weight excluding hydrogens is 395 g/mol. The highest BCUT2D eigenvalue weighted by atomic mass is 35.5. The number of piperazine rings is 1. The molecule has 1 aromatic carbocycles. The van der Waals surface area contributed by atoms with Crippen molar-refractivity contribution in [3.05, 3.63) is 63.0 Å². The molecule has 150 valence electrons. The lowest BCUT2D eigenvalue weighted by atomic mass is 10.1. The number of hydrogen-bond donors (Lipinski definition) is 0. The Morgan fingerprint density at radius 3 is 2.39 bits per heavy atom. The van der Waals surface area contributed by atoms with Gasteiger partial charge in [-0.05, 0) is 24.6 Å². The third kappa shape index (κ3) is 4.32. The van der Waals surface area contributed by atoms with Crippen LogP contribution in [0.3, 0.4) is 0 Å². The molecule has 9 heteroatoms. The van der Waals surface area contributed by atoms with E-state index in [0.717, 1.165) is 15.8 Å². The average Bonchev–Trinajstić information content (AvgIpc) is 2.65. The average molecular weight is 414 g/mol. The molecule has 3 rings (SSSR count). The predicted molar refractivity (Wildman–Crippen MR) is 101 cm³/mol. The highest BCUT2D eigenvalue weighted by Gasteiger charge is 2.32. The van der Waals surface area contributed by atoms with Crippen LogP contribution in [0.1, 0.15) is 11.1 Å². The van der Waals surface area contributed by atoms with Crippen molar-refractivity contribution in [2.45, 2.75) is 19.6 Å². The van der Waals surface area contributed by atoms with E-state index in [2.05, 4.69) is 4.90 Å². The van der Waals surface area contributed by atoms with Crippen LogP contribution in [0.2, 0.25) is 5.02 Å². The normalized spacial score (nSPS) is 15.0. The van der Waals surface area contributed by atoms with Crippen LogP contribution in [0, 0.1) is 6.92 Å². The van der Waals surface area contributed by atoms with Crippen LogP contribution in [-0.2, 0) is 17.5 Å². The van der Waals surface area contributed by atoms with Gasteiger partial charge in [-0.3, -0.25) is 9.59 Å². The maximum absolute atomic E-state index is 12.9. The predicted octanol–water partition coefficient (Wildman–Crippen LogP) is 3.18. The molecule has 1 saturated heterocycles. The number of para-hydroxylation sites is 1. The third-order valence-corrected chi connectivity index (χ3v) is 5.03. The second kappa shape index (κ2) is 7.87. The summed E-state index contributed by atoms with van der Waals surface area (Å²) in [5.41, 5.74) is 0.346. The third-order valence-electron chi connectivity index (χ3n) is 4.76. The zero-order valence-corrected chi connectivity index (χ0v) is 15.9. The van der Waals surface area contributed by atoms with Gasteiger partial charge in [0.25, 0.3) is 5.56 Å². The van der Waals surface area contributed by atoms with Crippen LogP contribution in [-0.4, -0.2) is 41.6 Å². The molecule has 28 heavy (non-hydrogen) atoms. The summed E-state index contributed by atoms with van der Waals surface area (Å²) in [7, 11) is 0. The van der Waals surface area contributed by atoms with Gasteiger partial charge in [-0.25, -0.2) is 0 Å². The number of nitrogens with zero attached hydrogens (tertiary/aromatic N) is 3. The van der Waals surface area contributed by atoms with Gasteiger partial charge in [0.1, 0.15) is 11.6 Å². The van der Waals surface area contributed by atoms with Gasteiger partial charge in [0.05, 0.1) is 5.56 Å². The Bertz CT molecular complexity index is 935. The van der Waals surface area contributed by atoms with Crippen LogP contribution in [0.5, 0.6) is 0 Å². The fraction of sp³-hybridized carbons (Fsp3) is 0.368. The van der Waals surface area contributed by atoms with E-state index in [1.54, 1.807) is 4.90 Å². The number of aryl methyl sites for hydroxylation is 1. The number of alkyl halides is 3. The number of aromatic nitrogens is 1. The van der Waals surface area contributed by atoms with Crippen molar-refractivity contribution < 1.29 is 18.0 Å². The molecule has 1 amide bonds. The number of anilines is 1. The van der Waals surface area contributed by atoms with E-state index in [-0.39, 0.29) is 0 Å². The molecule has 0 N–H and O–H groups in total. The van der Waals surface area contributed by atoms with Gasteiger partial charge in [0.15, 0.2) is 0 Å². The summed E-state index contributed by atoms with van der Waals surface area (Å²) in [6.07, 6.45) is -4.02. The zero-order valence-electron chi connectivity index (χ0n) is 15.2. The van der Waals surface area contributed by atoms with Crippen molar-refractivity contribution in [1.82, 2.24) is 9.47 Å². The molecule has 1 aliphatic heterocycles. The minimum absolute atomic E-state index is 0.415. The maximum atomic E-state index is 12.9. The summed E-state index contributed by atoms with van der Waals surface area (Å²) in [6, 6.07) is 8.50. The van der Waals surface area contributed by atoms with E-state index in [1.807, 2.05) is 31.2 Å². The largest absolute Gasteiger partial charge is 0.417 e. The first-order valence-corrected chi connectivity index (χ1v) is 9.10. The first-order chi connectivity index (χ1) is 13.2. The second-order valence-corrected chi connectivity index (χ2v) is 7.07. The van der Waals surface area contributed by atoms with Crippen LogP contribution in [0.25, 0.3) is 0 Å². The minimum atomic E-state index is -4.65. The monoisotopic (exact) mass is 413 g/mol. The second-order valence-electron chi connectivity index (χ2n) is 6.66. The zero-order chi connectivity index (χ0) is 20.5. The Hall–Kier alpha value is -2.48. The number of halogens is 4. The van der Waals surface area contributed by atoms with E-state index in [9.17, 15) is 22.8 Å². The topological polar surface area (TPSA) is 45.5 Å². The van der Waals surface area contributed by atoms with E-state index in [4.69, 9.17) is 11.6 Å². The molecule has 1 aliphatic rings. The molecular formula is C19H19ClF3N3O2. The highest BCUT2D eigenvalue weighted by molar-refractivity contribution is 6.30. The first-order valence-electron chi connectivity index (χ1n) is 8.72. The minimum Gasteiger partial charge on any atom is -0.368 e. The summed E-state index contributed by atoms with van der Waals surface area (Å²) in [5.74, 6) is -0.415. The van der Waals surface area contributed by atoms with Gasteiger partial charge in [0, 0.05) is 38.1 Å². The lowest BCUT2D eigenvalue weighted by Crippen LogP contribution is -2.50. The molecule has 0 bridgehead atoms. The molecule has 0 saturated carbocycles. The van der Waals surface area contributed by atoms with Gasteiger partial charge in [-0.1, -0.05) is 29.8 Å². The number of carbonyl (C=O) groups is 1. The van der Waals surface area contributed by atoms with Crippen molar-refractivity contribution in [2.75, 3.05) is 31.1 Å². The highest BCUT2D eigenvalue weighted by Crippen LogP contribution is 2.29. The quantitative estimate of drug-likeness (QED) is 0.776. The Morgan fingerprint density at radius 2 is 1.79 bits per heavy atom. The molecule has 0 atom stereocenters. The Morgan fingerprint density at radius 1 is 1.14 bits per heavy atom. The van der Waals surface area contributed by atoms with E-state index < -0.39 is 34.8 Å². The standard InChI is InChI=1S/C19H19ClF3N3O2/c1-13-4-2-3-5-16(13)24-6-8-25(9-7-24)17(27)12-26-11-14(19(21,22)23)10-15(20)18(26)28/h2-5,10-11H,6-9,12H2,1H3. The number of rotatable bonds is 3. The fourth-order valence-electron chi connectivity index (χ4n) is 3.23. The van der Waals surface area contributed by atoms with Crippen LogP contribution in [0.15, 0.2) is 41.3 Å². The smallest absolute Gasteiger partial charge is 0.368 e. The summed E-state index contributed by atoms with van der Waals surface area (Å²) >= 11 is 5.63. The Balaban J connectivity index is 1.69. The summed E-state index contributed by atoms with van der Waals surface area (Å²) in [4.78, 5) is 28.3. The molecule has 0 spiro atoms. The number of hydrogen-bond acceptors (Lipinski definition) is 3. The van der Waals surface area contributed by atoms with Crippen LogP contribution < -0.4 is 10.5 Å². The molecule has 0 unspecified atom stereocenters. The molecule has 0 aliphatic carbocycles. The Labute approximate surface area is 164 Å². The number of pyridine rings is 1. The lowest BCUT2D eigenvalue weighted by Gasteiger charge is -2.37. The van der Waals surface area contributed by atoms with Gasteiger partial charge in [-0.15, -0.1) is 0 Å². The molecule has 2 aromatic rings. The molecule has 1 fully saturated rings. The first kappa shape index (κ1) is 20.3. The van der Waals surface area contributed by atoms with Gasteiger partial charge in [0.2, 0.25) is 5.91 Å². The van der Waals surface area contributed by atoms with Gasteiger partial charge in [-0.2, -0.15) is 13.2 Å². The van der Waals surface area contributed by atoms with Crippen LogP contribution >= 0.6 is 11.6 Å². The summed E-state index contributed by atoms with van der Waals surface area (Å²) in [6.45, 7) is 3.59. The molecule has 1 aromatic heterocycles. The van der Waals surface area contributed by atoms with Crippen molar-refractivity contribution in [1.29, 1.82) is 0 Å². The van der Waals surface area contributed by atoms with Crippen LogP contribution in [0.4, 0.5) is 18.9 Å². The van der Waals surface area contributed by atoms with Crippen molar-refractivity contribution in [2.24, 2.45) is 0 Å². The van der Waals surface area contributed by atoms with Crippen molar-refractivity contribution in [3.8, 4) is 0 Å². The maximum Gasteiger partial charge on any atom is 0.417 e. The van der Waals surface area contributed by atoms with Crippen molar-refractivity contribution in [3.63, 3.8) is 0 Å². The number of benzene rings is 1. The van der Waals surface area contributed by atoms with E-state index in [1.165, 1.54) is 0 Å². The SMILES string of the molecule is Cc1ccccc1N1CCN(C(=O)Cn2cc(C(F)(F)F)cc(Cl)c2=O)CC1. The molecule has 5 nitrogen and oxygen atoms in total. The number of carbonyl (C=O) groups excluding carboxylic acids is 1. The lowest BCUT2D eigenvalue weighted by molar-refractivity contribution is -0.138. The summed E-state index contributed by atoms with van der Waals surface area (Å²) < 4.78 is 39.5. The molecule has 2 heterocycles. The van der Waals surface area contributed by atoms with Crippen molar-refractivity contribution >= 4 is 23.2 Å². The number of amides is 1. The molecule has 0 radical (unpaired) electrons. The fourth-order valence-corrected chi connectivity index (χ4v) is 3.46.